The summed E-state index contributed by atoms with van der Waals surface area (Å²) in [5.41, 5.74) is 1.12. The van der Waals surface area contributed by atoms with E-state index in [0.29, 0.717) is 22.4 Å². The highest BCUT2D eigenvalue weighted by molar-refractivity contribution is 7.15. The van der Waals surface area contributed by atoms with Crippen molar-refractivity contribution in [3.05, 3.63) is 64.7 Å². The van der Waals surface area contributed by atoms with Crippen molar-refractivity contribution in [2.75, 3.05) is 5.32 Å². The van der Waals surface area contributed by atoms with E-state index in [1.807, 2.05) is 6.07 Å². The van der Waals surface area contributed by atoms with Crippen molar-refractivity contribution < 1.29 is 9.18 Å². The molecule has 1 aromatic carbocycles. The van der Waals surface area contributed by atoms with Gasteiger partial charge in [0.1, 0.15) is 22.5 Å². The summed E-state index contributed by atoms with van der Waals surface area (Å²) < 4.78 is 15.3. The molecular weight excluding hydrogens is 401 g/mol. The third kappa shape index (κ3) is 4.47. The van der Waals surface area contributed by atoms with E-state index in [2.05, 4.69) is 15.5 Å². The van der Waals surface area contributed by atoms with Crippen molar-refractivity contribution in [1.29, 1.82) is 5.26 Å². The van der Waals surface area contributed by atoms with E-state index in [9.17, 15) is 14.4 Å². The van der Waals surface area contributed by atoms with Gasteiger partial charge in [-0.25, -0.2) is 4.39 Å². The summed E-state index contributed by atoms with van der Waals surface area (Å²) in [4.78, 5) is 12.6. The Morgan fingerprint density at radius 1 is 1.23 bits per heavy atom. The molecule has 2 aromatic heterocycles. The third-order valence-corrected chi connectivity index (χ3v) is 6.14. The second-order valence-corrected chi connectivity index (χ2v) is 8.20. The van der Waals surface area contributed by atoms with E-state index in [1.165, 1.54) is 48.8 Å². The van der Waals surface area contributed by atoms with Gasteiger partial charge in [0.15, 0.2) is 0 Å². The molecule has 6 nitrogen and oxygen atoms in total. The molecule has 30 heavy (non-hydrogen) atoms. The Labute approximate surface area is 177 Å². The summed E-state index contributed by atoms with van der Waals surface area (Å²) in [7, 11) is 0. The van der Waals surface area contributed by atoms with Gasteiger partial charge in [-0.05, 0) is 49.2 Å². The summed E-state index contributed by atoms with van der Waals surface area (Å²) in [6, 6.07) is 11.6. The molecule has 0 aliphatic heterocycles. The van der Waals surface area contributed by atoms with Gasteiger partial charge < -0.3 is 4.57 Å². The largest absolute Gasteiger partial charge is 0.317 e. The van der Waals surface area contributed by atoms with Crippen LogP contribution in [0.2, 0.25) is 0 Å². The highest BCUT2D eigenvalue weighted by atomic mass is 32.1. The van der Waals surface area contributed by atoms with E-state index >= 15 is 0 Å². The second-order valence-electron chi connectivity index (χ2n) is 7.19. The number of halogens is 1. The number of hydrogen-bond acceptors (Lipinski definition) is 5. The lowest BCUT2D eigenvalue weighted by Crippen LogP contribution is -2.13. The van der Waals surface area contributed by atoms with Crippen LogP contribution in [0.15, 0.2) is 48.2 Å². The van der Waals surface area contributed by atoms with Crippen LogP contribution in [0.3, 0.4) is 0 Å². The molecule has 1 amide bonds. The second kappa shape index (κ2) is 9.01. The molecule has 8 heteroatoms. The number of nitrogens with zero attached hydrogens (tertiary/aromatic N) is 4. The molecule has 152 valence electrons. The fourth-order valence-electron chi connectivity index (χ4n) is 3.63. The highest BCUT2D eigenvalue weighted by Crippen LogP contribution is 2.35. The monoisotopic (exact) mass is 421 g/mol. The van der Waals surface area contributed by atoms with Crippen molar-refractivity contribution in [2.45, 2.75) is 38.0 Å². The Hall–Kier alpha value is -3.31. The number of nitrogens with one attached hydrogen (secondary N) is 1. The van der Waals surface area contributed by atoms with Gasteiger partial charge in [-0.3, -0.25) is 10.1 Å². The number of hydrogen-bond donors (Lipinski definition) is 1. The predicted octanol–water partition coefficient (Wildman–Crippen LogP) is 5.06. The zero-order chi connectivity index (χ0) is 20.9. The van der Waals surface area contributed by atoms with Crippen LogP contribution in [0.25, 0.3) is 11.8 Å². The number of benzene rings is 1. The maximum absolute atomic E-state index is 13.6. The number of carbonyl (C=O) groups is 1. The van der Waals surface area contributed by atoms with Gasteiger partial charge in [-0.2, -0.15) is 5.26 Å². The quantitative estimate of drug-likeness (QED) is 0.461. The summed E-state index contributed by atoms with van der Waals surface area (Å²) >= 11 is 1.37. The number of aromatic nitrogens is 3. The van der Waals surface area contributed by atoms with Crippen molar-refractivity contribution in [1.82, 2.24) is 14.8 Å². The van der Waals surface area contributed by atoms with Crippen molar-refractivity contribution in [2.24, 2.45) is 0 Å². The number of anilines is 1. The van der Waals surface area contributed by atoms with Gasteiger partial charge in [-0.1, -0.05) is 36.7 Å². The van der Waals surface area contributed by atoms with E-state index < -0.39 is 5.91 Å². The first-order chi connectivity index (χ1) is 14.6. The summed E-state index contributed by atoms with van der Waals surface area (Å²) in [5.74, 6) is -0.502. The summed E-state index contributed by atoms with van der Waals surface area (Å²) in [6.45, 7) is 0. The molecule has 0 unspecified atom stereocenters. The lowest BCUT2D eigenvalue weighted by atomic mass is 9.90. The van der Waals surface area contributed by atoms with E-state index in [1.54, 1.807) is 35.0 Å². The van der Waals surface area contributed by atoms with Crippen molar-refractivity contribution in [3.63, 3.8) is 0 Å². The lowest BCUT2D eigenvalue weighted by molar-refractivity contribution is -0.112. The van der Waals surface area contributed by atoms with Gasteiger partial charge in [0.25, 0.3) is 5.91 Å². The average Bonchev–Trinajstić information content (AvgIpc) is 3.42. The van der Waals surface area contributed by atoms with Crippen molar-refractivity contribution >= 4 is 28.5 Å². The molecule has 1 fully saturated rings. The Bertz CT molecular complexity index is 1120. The topological polar surface area (TPSA) is 83.6 Å². The van der Waals surface area contributed by atoms with Crippen LogP contribution in [0.1, 0.15) is 48.7 Å². The normalized spacial score (nSPS) is 15.0. The molecule has 1 aliphatic rings. The lowest BCUT2D eigenvalue weighted by Gasteiger charge is -2.18. The molecular formula is C22H20FN5OS. The molecule has 0 atom stereocenters. The van der Waals surface area contributed by atoms with E-state index in [-0.39, 0.29) is 11.4 Å². The predicted molar refractivity (Wildman–Crippen MR) is 114 cm³/mol. The third-order valence-electron chi connectivity index (χ3n) is 5.14. The Morgan fingerprint density at radius 3 is 2.83 bits per heavy atom. The summed E-state index contributed by atoms with van der Waals surface area (Å²) in [5, 5.41) is 21.8. The molecule has 1 aliphatic carbocycles. The first-order valence-corrected chi connectivity index (χ1v) is 10.7. The molecule has 0 saturated heterocycles. The molecule has 4 rings (SSSR count). The SMILES string of the molecule is N#C/C(=C/c1cccn1-c1cccc(F)c1)C(=O)Nc1nnc(C2CCCCC2)s1. The van der Waals surface area contributed by atoms with Gasteiger partial charge in [0.05, 0.1) is 0 Å². The van der Waals surface area contributed by atoms with E-state index in [4.69, 9.17) is 0 Å². The average molecular weight is 422 g/mol. The first kappa shape index (κ1) is 20.0. The van der Waals surface area contributed by atoms with Crippen LogP contribution in [0.5, 0.6) is 0 Å². The fourth-order valence-corrected chi connectivity index (χ4v) is 4.54. The maximum atomic E-state index is 13.6. The Morgan fingerprint density at radius 2 is 2.07 bits per heavy atom. The molecule has 1 saturated carbocycles. The van der Waals surface area contributed by atoms with Crippen LogP contribution in [0.4, 0.5) is 9.52 Å². The summed E-state index contributed by atoms with van der Waals surface area (Å²) in [6.07, 6.45) is 9.06. The van der Waals surface area contributed by atoms with Gasteiger partial charge in [0.2, 0.25) is 5.13 Å². The number of carbonyl (C=O) groups excluding carboxylic acids is 1. The van der Waals surface area contributed by atoms with Crippen LogP contribution in [0, 0.1) is 17.1 Å². The zero-order valence-electron chi connectivity index (χ0n) is 16.2. The highest BCUT2D eigenvalue weighted by Gasteiger charge is 2.21. The van der Waals surface area contributed by atoms with Crippen LogP contribution >= 0.6 is 11.3 Å². The van der Waals surface area contributed by atoms with Crippen LogP contribution in [-0.4, -0.2) is 20.7 Å². The van der Waals surface area contributed by atoms with Gasteiger partial charge >= 0.3 is 0 Å². The molecule has 0 spiro atoms. The maximum Gasteiger partial charge on any atom is 0.268 e. The molecule has 0 bridgehead atoms. The Balaban J connectivity index is 1.52. The fraction of sp³-hybridized carbons (Fsp3) is 0.273. The minimum absolute atomic E-state index is 0.0687. The molecule has 2 heterocycles. The molecule has 0 radical (unpaired) electrons. The molecule has 1 N–H and O–H groups in total. The Kier molecular flexibility index (Phi) is 6.00. The number of amides is 1. The first-order valence-electron chi connectivity index (χ1n) is 9.84. The zero-order valence-corrected chi connectivity index (χ0v) is 17.0. The van der Waals surface area contributed by atoms with Gasteiger partial charge in [-0.15, -0.1) is 10.2 Å². The van der Waals surface area contributed by atoms with Crippen LogP contribution in [-0.2, 0) is 4.79 Å². The van der Waals surface area contributed by atoms with Crippen LogP contribution < -0.4 is 5.32 Å². The van der Waals surface area contributed by atoms with Gasteiger partial charge in [0, 0.05) is 23.5 Å². The van der Waals surface area contributed by atoms with E-state index in [0.717, 1.165) is 17.8 Å². The van der Waals surface area contributed by atoms with Crippen molar-refractivity contribution in [3.8, 4) is 11.8 Å². The minimum Gasteiger partial charge on any atom is -0.317 e. The number of rotatable bonds is 5. The minimum atomic E-state index is -0.546. The standard InChI is InChI=1S/C22H20FN5OS/c23-17-8-4-9-19(13-17)28-11-5-10-18(28)12-16(14-24)20(29)25-22-27-26-21(30-22)15-6-2-1-3-7-15/h4-5,8-13,15H,1-3,6-7H2,(H,25,27,29)/b16-12-. The smallest absolute Gasteiger partial charge is 0.268 e. The molecule has 3 aromatic rings. The number of nitriles is 1.